The number of carbonyl (C=O) groups excluding carboxylic acids is 1. The molecule has 88 valence electrons. The van der Waals surface area contributed by atoms with Crippen LogP contribution in [0.3, 0.4) is 0 Å². The van der Waals surface area contributed by atoms with Crippen molar-refractivity contribution in [1.82, 2.24) is 4.98 Å². The third kappa shape index (κ3) is 2.29. The molecular weight excluding hydrogens is 246 g/mol. The highest BCUT2D eigenvalue weighted by Crippen LogP contribution is 2.15. The number of halogens is 1. The van der Waals surface area contributed by atoms with Crippen LogP contribution in [0.2, 0.25) is 5.02 Å². The van der Waals surface area contributed by atoms with Crippen molar-refractivity contribution in [3.63, 3.8) is 0 Å². The SMILES string of the molecule is CCOC(=O)c1nc2cc(Cl)ccc2c(=O)o1. The Kier molecular flexibility index (Phi) is 3.10. The molecule has 0 aliphatic rings. The Labute approximate surface area is 101 Å². The molecule has 0 aliphatic carbocycles. The van der Waals surface area contributed by atoms with E-state index in [0.29, 0.717) is 10.5 Å². The molecule has 1 aromatic heterocycles. The Hall–Kier alpha value is -1.88. The van der Waals surface area contributed by atoms with Crippen molar-refractivity contribution in [1.29, 1.82) is 0 Å². The number of hydrogen-bond donors (Lipinski definition) is 0. The molecule has 6 heteroatoms. The molecule has 0 radical (unpaired) electrons. The minimum absolute atomic E-state index is 0.178. The maximum absolute atomic E-state index is 11.6. The minimum atomic E-state index is -0.772. The van der Waals surface area contributed by atoms with Gasteiger partial charge in [-0.1, -0.05) is 11.6 Å². The first-order chi connectivity index (χ1) is 8.11. The lowest BCUT2D eigenvalue weighted by Crippen LogP contribution is -2.12. The Bertz CT molecular complexity index is 635. The maximum Gasteiger partial charge on any atom is 0.394 e. The molecule has 1 aromatic carbocycles. The molecule has 0 N–H and O–H groups in total. The molecule has 0 bridgehead atoms. The van der Waals surface area contributed by atoms with Gasteiger partial charge < -0.3 is 9.15 Å². The summed E-state index contributed by atoms with van der Waals surface area (Å²) >= 11 is 5.78. The van der Waals surface area contributed by atoms with Crippen molar-refractivity contribution in [2.75, 3.05) is 6.61 Å². The number of fused-ring (bicyclic) bond motifs is 1. The highest BCUT2D eigenvalue weighted by atomic mass is 35.5. The van der Waals surface area contributed by atoms with Crippen molar-refractivity contribution in [2.24, 2.45) is 0 Å². The summed E-state index contributed by atoms with van der Waals surface area (Å²) in [6.07, 6.45) is 0. The van der Waals surface area contributed by atoms with Crippen LogP contribution in [0.4, 0.5) is 0 Å². The zero-order valence-corrected chi connectivity index (χ0v) is 9.65. The number of esters is 1. The second-order valence-electron chi connectivity index (χ2n) is 3.19. The molecule has 0 atom stereocenters. The van der Waals surface area contributed by atoms with Gasteiger partial charge in [-0.05, 0) is 25.1 Å². The Balaban J connectivity index is 2.61. The Morgan fingerprint density at radius 3 is 3.00 bits per heavy atom. The second kappa shape index (κ2) is 4.55. The second-order valence-corrected chi connectivity index (χ2v) is 3.62. The molecule has 2 aromatic rings. The fraction of sp³-hybridized carbons (Fsp3) is 0.182. The van der Waals surface area contributed by atoms with Crippen molar-refractivity contribution < 1.29 is 13.9 Å². The van der Waals surface area contributed by atoms with Gasteiger partial charge in [0.25, 0.3) is 0 Å². The predicted molar refractivity (Wildman–Crippen MR) is 61.2 cm³/mol. The van der Waals surface area contributed by atoms with E-state index in [1.165, 1.54) is 12.1 Å². The first-order valence-corrected chi connectivity index (χ1v) is 5.27. The van der Waals surface area contributed by atoms with Gasteiger partial charge in [-0.2, -0.15) is 0 Å². The van der Waals surface area contributed by atoms with Crippen LogP contribution in [0.25, 0.3) is 10.9 Å². The number of nitrogens with zero attached hydrogens (tertiary/aromatic N) is 1. The number of hydrogen-bond acceptors (Lipinski definition) is 5. The largest absolute Gasteiger partial charge is 0.459 e. The number of carbonyl (C=O) groups is 1. The van der Waals surface area contributed by atoms with E-state index in [0.717, 1.165) is 0 Å². The van der Waals surface area contributed by atoms with Crippen molar-refractivity contribution >= 4 is 28.5 Å². The van der Waals surface area contributed by atoms with Gasteiger partial charge >= 0.3 is 17.5 Å². The normalized spacial score (nSPS) is 10.5. The predicted octanol–water partition coefficient (Wildman–Crippen LogP) is 2.02. The third-order valence-corrected chi connectivity index (χ3v) is 2.28. The van der Waals surface area contributed by atoms with E-state index < -0.39 is 11.6 Å². The summed E-state index contributed by atoms with van der Waals surface area (Å²) in [6.45, 7) is 1.83. The Morgan fingerprint density at radius 2 is 2.29 bits per heavy atom. The van der Waals surface area contributed by atoms with E-state index in [9.17, 15) is 9.59 Å². The summed E-state index contributed by atoms with van der Waals surface area (Å²) < 4.78 is 9.46. The average Bonchev–Trinajstić information content (AvgIpc) is 2.28. The molecule has 0 amide bonds. The highest BCUT2D eigenvalue weighted by molar-refractivity contribution is 6.31. The van der Waals surface area contributed by atoms with E-state index in [2.05, 4.69) is 4.98 Å². The van der Waals surface area contributed by atoms with Crippen LogP contribution in [-0.4, -0.2) is 17.6 Å². The topological polar surface area (TPSA) is 69.4 Å². The van der Waals surface area contributed by atoms with Gasteiger partial charge in [-0.25, -0.2) is 14.6 Å². The number of rotatable bonds is 2. The molecule has 17 heavy (non-hydrogen) atoms. The third-order valence-electron chi connectivity index (χ3n) is 2.04. The van der Waals surface area contributed by atoms with Crippen LogP contribution in [0.15, 0.2) is 27.4 Å². The quantitative estimate of drug-likeness (QED) is 0.766. The van der Waals surface area contributed by atoms with Gasteiger partial charge in [-0.3, -0.25) is 0 Å². The zero-order valence-electron chi connectivity index (χ0n) is 8.90. The van der Waals surface area contributed by atoms with Crippen LogP contribution in [0.5, 0.6) is 0 Å². The lowest BCUT2D eigenvalue weighted by Gasteiger charge is -2.01. The molecule has 0 fully saturated rings. The van der Waals surface area contributed by atoms with Gasteiger partial charge in [0.05, 0.1) is 17.5 Å². The summed E-state index contributed by atoms with van der Waals surface area (Å²) in [4.78, 5) is 26.8. The van der Waals surface area contributed by atoms with Crippen LogP contribution in [0, 0.1) is 0 Å². The summed E-state index contributed by atoms with van der Waals surface area (Å²) in [5.74, 6) is -1.14. The number of ether oxygens (including phenoxy) is 1. The van der Waals surface area contributed by atoms with Crippen LogP contribution < -0.4 is 5.63 Å². The van der Waals surface area contributed by atoms with E-state index in [-0.39, 0.29) is 17.9 Å². The fourth-order valence-electron chi connectivity index (χ4n) is 1.33. The van der Waals surface area contributed by atoms with Crippen LogP contribution in [0.1, 0.15) is 17.6 Å². The van der Waals surface area contributed by atoms with Crippen LogP contribution in [-0.2, 0) is 4.74 Å². The van der Waals surface area contributed by atoms with E-state index in [1.54, 1.807) is 13.0 Å². The van der Waals surface area contributed by atoms with Crippen molar-refractivity contribution in [3.05, 3.63) is 39.5 Å². The van der Waals surface area contributed by atoms with Crippen molar-refractivity contribution in [2.45, 2.75) is 6.92 Å². The number of benzene rings is 1. The fourth-order valence-corrected chi connectivity index (χ4v) is 1.49. The van der Waals surface area contributed by atoms with Gasteiger partial charge in [-0.15, -0.1) is 0 Å². The van der Waals surface area contributed by atoms with Crippen LogP contribution >= 0.6 is 11.6 Å². The maximum atomic E-state index is 11.6. The zero-order chi connectivity index (χ0) is 12.4. The molecule has 5 nitrogen and oxygen atoms in total. The van der Waals surface area contributed by atoms with E-state index in [4.69, 9.17) is 20.8 Å². The number of aromatic nitrogens is 1. The molecule has 0 spiro atoms. The first-order valence-electron chi connectivity index (χ1n) is 4.89. The molecule has 2 rings (SSSR count). The van der Waals surface area contributed by atoms with Gasteiger partial charge in [0.2, 0.25) is 0 Å². The molecule has 0 saturated carbocycles. The molecule has 0 aliphatic heterocycles. The van der Waals surface area contributed by atoms with Gasteiger partial charge in [0.1, 0.15) is 0 Å². The molecule has 0 unspecified atom stereocenters. The highest BCUT2D eigenvalue weighted by Gasteiger charge is 2.15. The summed E-state index contributed by atoms with van der Waals surface area (Å²) in [7, 11) is 0. The first kappa shape index (κ1) is 11.6. The standard InChI is InChI=1S/C11H8ClNO4/c1-2-16-11(15)9-13-8-5-6(12)3-4-7(8)10(14)17-9/h3-5H,2H2,1H3. The van der Waals surface area contributed by atoms with E-state index >= 15 is 0 Å². The van der Waals surface area contributed by atoms with Gasteiger partial charge in [0.15, 0.2) is 0 Å². The summed E-state index contributed by atoms with van der Waals surface area (Å²) in [5, 5.41) is 0.688. The molecule has 1 heterocycles. The van der Waals surface area contributed by atoms with E-state index in [1.807, 2.05) is 0 Å². The lowest BCUT2D eigenvalue weighted by atomic mass is 10.2. The summed E-state index contributed by atoms with van der Waals surface area (Å²) in [5.41, 5.74) is -0.341. The minimum Gasteiger partial charge on any atom is -0.459 e. The smallest absolute Gasteiger partial charge is 0.394 e. The molecular formula is C11H8ClNO4. The average molecular weight is 254 g/mol. The Morgan fingerprint density at radius 1 is 1.53 bits per heavy atom. The van der Waals surface area contributed by atoms with Crippen molar-refractivity contribution in [3.8, 4) is 0 Å². The lowest BCUT2D eigenvalue weighted by molar-refractivity contribution is 0.0474. The van der Waals surface area contributed by atoms with Gasteiger partial charge in [0, 0.05) is 5.02 Å². The monoisotopic (exact) mass is 253 g/mol. The molecule has 0 saturated heterocycles. The summed E-state index contributed by atoms with van der Waals surface area (Å²) in [6, 6.07) is 4.52.